The number of aryl methyl sites for hydroxylation is 1. The minimum absolute atomic E-state index is 0.694. The predicted octanol–water partition coefficient (Wildman–Crippen LogP) is 1.16. The third-order valence-corrected chi connectivity index (χ3v) is 2.40. The molecule has 76 valence electrons. The van der Waals surface area contributed by atoms with E-state index in [0.29, 0.717) is 5.82 Å². The first-order valence-electron chi connectivity index (χ1n) is 5.03. The van der Waals surface area contributed by atoms with Gasteiger partial charge in [0, 0.05) is 19.3 Å². The normalized spacial score (nSPS) is 14.4. The molecule has 0 radical (unpaired) electrons. The molecule has 5 nitrogen and oxygen atoms in total. The van der Waals surface area contributed by atoms with Crippen LogP contribution in [0.1, 0.15) is 6.42 Å². The first kappa shape index (κ1) is 8.40. The molecule has 0 unspecified atom stereocenters. The zero-order valence-corrected chi connectivity index (χ0v) is 8.22. The molecule has 0 aromatic carbocycles. The van der Waals surface area contributed by atoms with Gasteiger partial charge >= 0.3 is 0 Å². The monoisotopic (exact) mass is 201 g/mol. The second kappa shape index (κ2) is 3.34. The van der Waals surface area contributed by atoms with Crippen molar-refractivity contribution in [1.82, 2.24) is 19.7 Å². The van der Waals surface area contributed by atoms with Gasteiger partial charge in [-0.2, -0.15) is 4.98 Å². The summed E-state index contributed by atoms with van der Waals surface area (Å²) in [7, 11) is 0. The third kappa shape index (κ3) is 1.45. The molecule has 0 amide bonds. The lowest BCUT2D eigenvalue weighted by Gasteiger charge is -2.12. The number of fused-ring (bicyclic) bond motifs is 1. The molecule has 1 aliphatic heterocycles. The first-order chi connectivity index (χ1) is 7.43. The lowest BCUT2D eigenvalue weighted by Crippen LogP contribution is -2.17. The summed E-state index contributed by atoms with van der Waals surface area (Å²) in [4.78, 5) is 8.63. The molecule has 0 saturated carbocycles. The maximum absolute atomic E-state index is 4.40. The second-order valence-electron chi connectivity index (χ2n) is 3.48. The second-order valence-corrected chi connectivity index (χ2v) is 3.48. The summed E-state index contributed by atoms with van der Waals surface area (Å²) in [6, 6.07) is 5.74. The number of nitrogens with zero attached hydrogens (tertiary/aromatic N) is 4. The van der Waals surface area contributed by atoms with Gasteiger partial charge < -0.3 is 5.32 Å². The van der Waals surface area contributed by atoms with E-state index < -0.39 is 0 Å². The van der Waals surface area contributed by atoms with E-state index in [2.05, 4.69) is 20.4 Å². The van der Waals surface area contributed by atoms with Crippen LogP contribution in [0.4, 0.5) is 5.95 Å². The fraction of sp³-hybridized carbons (Fsp3) is 0.300. The Labute approximate surface area is 87.2 Å². The molecule has 0 fully saturated rings. The van der Waals surface area contributed by atoms with Crippen LogP contribution < -0.4 is 5.32 Å². The molecule has 3 rings (SSSR count). The van der Waals surface area contributed by atoms with Gasteiger partial charge in [0.1, 0.15) is 5.69 Å². The van der Waals surface area contributed by atoms with E-state index in [1.807, 2.05) is 22.9 Å². The highest BCUT2D eigenvalue weighted by Gasteiger charge is 2.14. The van der Waals surface area contributed by atoms with Crippen LogP contribution in [0.25, 0.3) is 11.5 Å². The van der Waals surface area contributed by atoms with Crippen molar-refractivity contribution in [2.45, 2.75) is 13.0 Å². The lowest BCUT2D eigenvalue weighted by atomic mass is 10.3. The van der Waals surface area contributed by atoms with E-state index in [0.717, 1.165) is 31.2 Å². The third-order valence-electron chi connectivity index (χ3n) is 2.40. The van der Waals surface area contributed by atoms with E-state index in [9.17, 15) is 0 Å². The molecule has 3 heterocycles. The molecule has 15 heavy (non-hydrogen) atoms. The SMILES string of the molecule is c1ccc(-c2nc3n(n2)CCCN3)nc1. The van der Waals surface area contributed by atoms with Crippen LogP contribution in [0.3, 0.4) is 0 Å². The average Bonchev–Trinajstić information content (AvgIpc) is 2.74. The maximum Gasteiger partial charge on any atom is 0.221 e. The minimum atomic E-state index is 0.694. The molecular weight excluding hydrogens is 190 g/mol. The molecule has 2 aromatic rings. The largest absolute Gasteiger partial charge is 0.354 e. The van der Waals surface area contributed by atoms with Gasteiger partial charge in [0.2, 0.25) is 11.8 Å². The average molecular weight is 201 g/mol. The van der Waals surface area contributed by atoms with E-state index in [1.165, 1.54) is 0 Å². The number of rotatable bonds is 1. The van der Waals surface area contributed by atoms with Gasteiger partial charge in [-0.1, -0.05) is 6.07 Å². The van der Waals surface area contributed by atoms with Crippen molar-refractivity contribution in [2.24, 2.45) is 0 Å². The molecule has 0 atom stereocenters. The Hall–Kier alpha value is -1.91. The van der Waals surface area contributed by atoms with Crippen LogP contribution >= 0.6 is 0 Å². The van der Waals surface area contributed by atoms with Gasteiger partial charge in [0.15, 0.2) is 0 Å². The zero-order chi connectivity index (χ0) is 10.1. The van der Waals surface area contributed by atoms with Crippen molar-refractivity contribution in [3.05, 3.63) is 24.4 Å². The zero-order valence-electron chi connectivity index (χ0n) is 8.22. The molecule has 0 bridgehead atoms. The standard InChI is InChI=1S/C10H11N5/c1-2-5-11-8(4-1)9-13-10-12-6-3-7-15(10)14-9/h1-2,4-5H,3,6-7H2,(H,12,13,14). The lowest BCUT2D eigenvalue weighted by molar-refractivity contribution is 0.566. The van der Waals surface area contributed by atoms with Crippen LogP contribution in [0.2, 0.25) is 0 Å². The van der Waals surface area contributed by atoms with Gasteiger partial charge in [-0.15, -0.1) is 5.10 Å². The highest BCUT2D eigenvalue weighted by molar-refractivity contribution is 5.50. The molecule has 1 aliphatic rings. The molecule has 1 N–H and O–H groups in total. The van der Waals surface area contributed by atoms with Crippen molar-refractivity contribution >= 4 is 5.95 Å². The van der Waals surface area contributed by atoms with E-state index in [4.69, 9.17) is 0 Å². The van der Waals surface area contributed by atoms with E-state index in [1.54, 1.807) is 6.20 Å². The van der Waals surface area contributed by atoms with Crippen LogP contribution in [0.5, 0.6) is 0 Å². The first-order valence-corrected chi connectivity index (χ1v) is 5.03. The summed E-state index contributed by atoms with van der Waals surface area (Å²) < 4.78 is 1.90. The van der Waals surface area contributed by atoms with Crippen molar-refractivity contribution in [1.29, 1.82) is 0 Å². The predicted molar refractivity (Wildman–Crippen MR) is 56.4 cm³/mol. The Morgan fingerprint density at radius 2 is 2.33 bits per heavy atom. The summed E-state index contributed by atoms with van der Waals surface area (Å²) in [5.74, 6) is 1.54. The van der Waals surface area contributed by atoms with Gasteiger partial charge in [0.25, 0.3) is 0 Å². The maximum atomic E-state index is 4.40. The molecule has 0 saturated heterocycles. The fourth-order valence-corrected chi connectivity index (χ4v) is 1.66. The van der Waals surface area contributed by atoms with Crippen molar-refractivity contribution in [3.8, 4) is 11.5 Å². The van der Waals surface area contributed by atoms with Crippen LogP contribution in [-0.2, 0) is 6.54 Å². The highest BCUT2D eigenvalue weighted by Crippen LogP contribution is 2.17. The van der Waals surface area contributed by atoms with Gasteiger partial charge in [-0.3, -0.25) is 4.98 Å². The molecule has 2 aromatic heterocycles. The molecular formula is C10H11N5. The number of pyridine rings is 1. The quantitative estimate of drug-likeness (QED) is 0.752. The topological polar surface area (TPSA) is 55.6 Å². The van der Waals surface area contributed by atoms with Gasteiger partial charge in [-0.05, 0) is 18.6 Å². The van der Waals surface area contributed by atoms with Crippen LogP contribution in [0, 0.1) is 0 Å². The molecule has 5 heteroatoms. The summed E-state index contributed by atoms with van der Waals surface area (Å²) in [6.45, 7) is 1.91. The van der Waals surface area contributed by atoms with Gasteiger partial charge in [0.05, 0.1) is 0 Å². The van der Waals surface area contributed by atoms with E-state index >= 15 is 0 Å². The Morgan fingerprint density at radius 3 is 3.13 bits per heavy atom. The van der Waals surface area contributed by atoms with Crippen molar-refractivity contribution < 1.29 is 0 Å². The fourth-order valence-electron chi connectivity index (χ4n) is 1.66. The van der Waals surface area contributed by atoms with Crippen molar-refractivity contribution in [2.75, 3.05) is 11.9 Å². The number of aromatic nitrogens is 4. The van der Waals surface area contributed by atoms with Crippen LogP contribution in [0.15, 0.2) is 24.4 Å². The summed E-state index contributed by atoms with van der Waals surface area (Å²) in [5.41, 5.74) is 0.821. The van der Waals surface area contributed by atoms with E-state index in [-0.39, 0.29) is 0 Å². The summed E-state index contributed by atoms with van der Waals surface area (Å²) >= 11 is 0. The number of anilines is 1. The Morgan fingerprint density at radius 1 is 1.33 bits per heavy atom. The Kier molecular flexibility index (Phi) is 1.87. The summed E-state index contributed by atoms with van der Waals surface area (Å²) in [5, 5.41) is 7.62. The minimum Gasteiger partial charge on any atom is -0.354 e. The summed E-state index contributed by atoms with van der Waals surface area (Å²) in [6.07, 6.45) is 2.85. The molecule has 0 spiro atoms. The highest BCUT2D eigenvalue weighted by atomic mass is 15.4. The number of nitrogens with one attached hydrogen (secondary N) is 1. The Bertz CT molecular complexity index is 438. The Balaban J connectivity index is 2.03. The smallest absolute Gasteiger partial charge is 0.221 e. The number of hydrogen-bond acceptors (Lipinski definition) is 4. The van der Waals surface area contributed by atoms with Gasteiger partial charge in [-0.25, -0.2) is 4.68 Å². The van der Waals surface area contributed by atoms with Crippen LogP contribution in [-0.4, -0.2) is 26.3 Å². The number of hydrogen-bond donors (Lipinski definition) is 1. The van der Waals surface area contributed by atoms with Crippen molar-refractivity contribution in [3.63, 3.8) is 0 Å². The molecule has 0 aliphatic carbocycles.